The second-order valence-corrected chi connectivity index (χ2v) is 6.03. The van der Waals surface area contributed by atoms with E-state index in [-0.39, 0.29) is 0 Å². The van der Waals surface area contributed by atoms with Gasteiger partial charge in [-0.1, -0.05) is 24.6 Å². The molecule has 1 aliphatic rings. The fraction of sp³-hybridized carbons (Fsp3) is 0.647. The van der Waals surface area contributed by atoms with Gasteiger partial charge in [-0.05, 0) is 51.3 Å². The van der Waals surface area contributed by atoms with Gasteiger partial charge < -0.3 is 9.84 Å². The standard InChI is InChI=1S/C17H27NO2/c1-13-7-6-8-14(2)17(13)20-12-16(19)11-18-10-5-4-9-15(18)3/h6-8,15-16,19H,4-5,9-12H2,1-3H3/t15-,16+/m1/s1. The molecular formula is C17H27NO2. The highest BCUT2D eigenvalue weighted by Crippen LogP contribution is 2.22. The lowest BCUT2D eigenvalue weighted by Gasteiger charge is -2.34. The van der Waals surface area contributed by atoms with Crippen LogP contribution in [0.25, 0.3) is 0 Å². The van der Waals surface area contributed by atoms with Crippen molar-refractivity contribution in [2.75, 3.05) is 19.7 Å². The Morgan fingerprint density at radius 3 is 2.65 bits per heavy atom. The number of hydrogen-bond donors (Lipinski definition) is 1. The van der Waals surface area contributed by atoms with Crippen molar-refractivity contribution >= 4 is 0 Å². The average molecular weight is 277 g/mol. The van der Waals surface area contributed by atoms with E-state index in [0.29, 0.717) is 19.2 Å². The van der Waals surface area contributed by atoms with Crippen molar-refractivity contribution in [3.63, 3.8) is 0 Å². The predicted octanol–water partition coefficient (Wildman–Crippen LogP) is 2.92. The summed E-state index contributed by atoms with van der Waals surface area (Å²) in [7, 11) is 0. The molecule has 1 heterocycles. The van der Waals surface area contributed by atoms with Crippen molar-refractivity contribution in [1.29, 1.82) is 0 Å². The van der Waals surface area contributed by atoms with E-state index in [4.69, 9.17) is 4.74 Å². The van der Waals surface area contributed by atoms with Gasteiger partial charge in [-0.25, -0.2) is 0 Å². The van der Waals surface area contributed by atoms with Gasteiger partial charge in [0.25, 0.3) is 0 Å². The highest BCUT2D eigenvalue weighted by molar-refractivity contribution is 5.39. The zero-order valence-corrected chi connectivity index (χ0v) is 12.9. The molecule has 1 saturated heterocycles. The third kappa shape index (κ3) is 3.97. The molecule has 3 heteroatoms. The molecule has 1 aromatic carbocycles. The first-order valence-corrected chi connectivity index (χ1v) is 7.69. The van der Waals surface area contributed by atoms with E-state index in [1.54, 1.807) is 0 Å². The molecule has 0 bridgehead atoms. The van der Waals surface area contributed by atoms with Gasteiger partial charge in [0.2, 0.25) is 0 Å². The Morgan fingerprint density at radius 1 is 1.30 bits per heavy atom. The van der Waals surface area contributed by atoms with Crippen LogP contribution in [0.5, 0.6) is 5.75 Å². The van der Waals surface area contributed by atoms with Gasteiger partial charge in [-0.3, -0.25) is 4.90 Å². The van der Waals surface area contributed by atoms with Crippen LogP contribution in [0.2, 0.25) is 0 Å². The number of rotatable bonds is 5. The molecule has 0 amide bonds. The Labute approximate surface area is 122 Å². The van der Waals surface area contributed by atoms with Crippen LogP contribution < -0.4 is 4.74 Å². The second-order valence-electron chi connectivity index (χ2n) is 6.03. The molecule has 2 rings (SSSR count). The molecule has 0 aliphatic carbocycles. The summed E-state index contributed by atoms with van der Waals surface area (Å²) < 4.78 is 5.83. The summed E-state index contributed by atoms with van der Waals surface area (Å²) in [5.41, 5.74) is 2.26. The van der Waals surface area contributed by atoms with Gasteiger partial charge in [-0.15, -0.1) is 0 Å². The number of piperidine rings is 1. The van der Waals surface area contributed by atoms with E-state index >= 15 is 0 Å². The van der Waals surface area contributed by atoms with Crippen LogP contribution in [0.1, 0.15) is 37.3 Å². The molecule has 2 atom stereocenters. The molecule has 112 valence electrons. The topological polar surface area (TPSA) is 32.7 Å². The summed E-state index contributed by atoms with van der Waals surface area (Å²) in [5, 5.41) is 10.2. The quantitative estimate of drug-likeness (QED) is 0.898. The number of aliphatic hydroxyl groups excluding tert-OH is 1. The third-order valence-corrected chi connectivity index (χ3v) is 4.21. The third-order valence-electron chi connectivity index (χ3n) is 4.21. The zero-order chi connectivity index (χ0) is 14.5. The number of hydrogen-bond acceptors (Lipinski definition) is 3. The predicted molar refractivity (Wildman–Crippen MR) is 82.3 cm³/mol. The number of benzene rings is 1. The van der Waals surface area contributed by atoms with Gasteiger partial charge in [-0.2, -0.15) is 0 Å². The molecule has 20 heavy (non-hydrogen) atoms. The second kappa shape index (κ2) is 7.09. The van der Waals surface area contributed by atoms with Crippen molar-refractivity contribution < 1.29 is 9.84 Å². The monoisotopic (exact) mass is 277 g/mol. The Morgan fingerprint density at radius 2 is 2.00 bits per heavy atom. The molecule has 0 aromatic heterocycles. The molecule has 1 N–H and O–H groups in total. The largest absolute Gasteiger partial charge is 0.490 e. The summed E-state index contributed by atoms with van der Waals surface area (Å²) in [5.74, 6) is 0.915. The number of para-hydroxylation sites is 1. The van der Waals surface area contributed by atoms with Crippen LogP contribution in [-0.2, 0) is 0 Å². The van der Waals surface area contributed by atoms with Gasteiger partial charge in [0.15, 0.2) is 0 Å². The van der Waals surface area contributed by atoms with Crippen LogP contribution in [0.4, 0.5) is 0 Å². The van der Waals surface area contributed by atoms with E-state index in [9.17, 15) is 5.11 Å². The van der Waals surface area contributed by atoms with Crippen molar-refractivity contribution in [2.24, 2.45) is 0 Å². The molecule has 0 saturated carbocycles. The number of nitrogens with zero attached hydrogens (tertiary/aromatic N) is 1. The van der Waals surface area contributed by atoms with Crippen LogP contribution in [0, 0.1) is 13.8 Å². The number of ether oxygens (including phenoxy) is 1. The highest BCUT2D eigenvalue weighted by atomic mass is 16.5. The fourth-order valence-corrected chi connectivity index (χ4v) is 2.96. The van der Waals surface area contributed by atoms with E-state index in [1.165, 1.54) is 19.3 Å². The van der Waals surface area contributed by atoms with Gasteiger partial charge in [0.05, 0.1) is 0 Å². The van der Waals surface area contributed by atoms with E-state index in [2.05, 4.69) is 11.8 Å². The molecule has 0 radical (unpaired) electrons. The first kappa shape index (κ1) is 15.3. The van der Waals surface area contributed by atoms with Gasteiger partial charge >= 0.3 is 0 Å². The van der Waals surface area contributed by atoms with Crippen LogP contribution in [0.3, 0.4) is 0 Å². The first-order valence-electron chi connectivity index (χ1n) is 7.69. The Bertz CT molecular complexity index is 413. The average Bonchev–Trinajstić information content (AvgIpc) is 2.41. The Hall–Kier alpha value is -1.06. The molecule has 1 fully saturated rings. The van der Waals surface area contributed by atoms with Crippen LogP contribution in [0.15, 0.2) is 18.2 Å². The van der Waals surface area contributed by atoms with Crippen LogP contribution >= 0.6 is 0 Å². The number of β-amino-alcohol motifs (C(OH)–C–C–N with tert-alkyl or cyclic N) is 1. The summed E-state index contributed by atoms with van der Waals surface area (Å²) in [4.78, 5) is 2.38. The molecule has 3 nitrogen and oxygen atoms in total. The molecule has 1 aliphatic heterocycles. The van der Waals surface area contributed by atoms with Gasteiger partial charge in [0, 0.05) is 12.6 Å². The smallest absolute Gasteiger partial charge is 0.125 e. The summed E-state index contributed by atoms with van der Waals surface area (Å²) in [6.45, 7) is 8.52. The maximum absolute atomic E-state index is 10.2. The Balaban J connectivity index is 1.84. The first-order chi connectivity index (χ1) is 9.58. The lowest BCUT2D eigenvalue weighted by molar-refractivity contribution is 0.0434. The highest BCUT2D eigenvalue weighted by Gasteiger charge is 2.21. The summed E-state index contributed by atoms with van der Waals surface area (Å²) in [6, 6.07) is 6.70. The lowest BCUT2D eigenvalue weighted by atomic mass is 10.0. The van der Waals surface area contributed by atoms with Crippen LogP contribution in [-0.4, -0.2) is 41.8 Å². The van der Waals surface area contributed by atoms with Gasteiger partial charge in [0.1, 0.15) is 18.5 Å². The lowest BCUT2D eigenvalue weighted by Crippen LogP contribution is -2.43. The Kier molecular flexibility index (Phi) is 5.44. The molecule has 1 aromatic rings. The minimum absolute atomic E-state index is 0.370. The number of aliphatic hydroxyl groups is 1. The van der Waals surface area contributed by atoms with E-state index in [0.717, 1.165) is 23.4 Å². The number of aryl methyl sites for hydroxylation is 2. The summed E-state index contributed by atoms with van der Waals surface area (Å²) >= 11 is 0. The molecule has 0 unspecified atom stereocenters. The molecular weight excluding hydrogens is 250 g/mol. The number of likely N-dealkylation sites (tertiary alicyclic amines) is 1. The SMILES string of the molecule is Cc1cccc(C)c1OC[C@@H](O)CN1CCCC[C@H]1C. The van der Waals surface area contributed by atoms with Crippen molar-refractivity contribution in [3.05, 3.63) is 29.3 Å². The maximum atomic E-state index is 10.2. The van der Waals surface area contributed by atoms with Crippen molar-refractivity contribution in [2.45, 2.75) is 52.2 Å². The summed E-state index contributed by atoms with van der Waals surface area (Å²) in [6.07, 6.45) is 3.38. The van der Waals surface area contributed by atoms with Crippen molar-refractivity contribution in [1.82, 2.24) is 4.90 Å². The fourth-order valence-electron chi connectivity index (χ4n) is 2.96. The minimum atomic E-state index is -0.422. The molecule has 0 spiro atoms. The van der Waals surface area contributed by atoms with E-state index in [1.807, 2.05) is 32.0 Å². The van der Waals surface area contributed by atoms with E-state index < -0.39 is 6.10 Å². The zero-order valence-electron chi connectivity index (χ0n) is 12.9. The minimum Gasteiger partial charge on any atom is -0.490 e. The maximum Gasteiger partial charge on any atom is 0.125 e. The van der Waals surface area contributed by atoms with Crippen molar-refractivity contribution in [3.8, 4) is 5.75 Å². The normalized spacial score (nSPS) is 21.7.